The molecule has 1 heterocycles. The Kier molecular flexibility index (Phi) is 44.4. The van der Waals surface area contributed by atoms with Gasteiger partial charge in [0, 0.05) is 81.9 Å². The van der Waals surface area contributed by atoms with Crippen LogP contribution in [0, 0.1) is 5.92 Å². The van der Waals surface area contributed by atoms with Crippen molar-refractivity contribution in [3.63, 3.8) is 0 Å². The second-order valence-electron chi connectivity index (χ2n) is 13.3. The standard InChI is InChI=1S/C19H19ClN2O3S.C12H14BrN.C6H6BrN.C4H8O.C4H9.C3H5Br.CH3F.Li.Na.H/c1-3-11-22(12-4-2)16-8-5-14(6-9-16)19(23)15-7-10-17(20)18(13-15)26(21,24)25;1-3-9-14(10-4-2)12-7-5-11(13)6-8-12;7-5-1-3-6(8)4-2-5;1-2-4-5-3-1;1-4(2)3;1-2-3-4;1-2;;;/h3-10,13H,1-2,11-12H2,(H2,21,24,25);3-8H,1-2,9-10H2;1-4H,8H2;1-4H2;1-3H3;2H,1,3H2;1H3;;;/q;;;;-1;;;2*+1;-1/i;;;;;;1D;;;. The van der Waals surface area contributed by atoms with Crippen LogP contribution in [0.25, 0.3) is 0 Å². The number of sulfonamides is 1. The van der Waals surface area contributed by atoms with Crippen LogP contribution >= 0.6 is 59.4 Å². The van der Waals surface area contributed by atoms with Crippen molar-refractivity contribution in [3.8, 4) is 0 Å². The molecule has 0 saturated carbocycles. The van der Waals surface area contributed by atoms with E-state index in [4.69, 9.17) is 28.6 Å². The number of ketones is 1. The first kappa shape index (κ1) is 67.0. The summed E-state index contributed by atoms with van der Waals surface area (Å²) in [5.41, 5.74) is 8.93. The summed E-state index contributed by atoms with van der Waals surface area (Å²) >= 11 is 15.7. The number of hydrogen-bond acceptors (Lipinski definition) is 7. The summed E-state index contributed by atoms with van der Waals surface area (Å²) in [6.07, 6.45) is 11.7. The van der Waals surface area contributed by atoms with Crippen LogP contribution < -0.4 is 69.1 Å². The molecule has 0 bridgehead atoms. The fraction of sp³-hybridized carbons (Fsp3) is 0.265. The number of nitrogens with two attached hydrogens (primary N) is 2. The number of ether oxygens (including phenoxy) is 1. The second kappa shape index (κ2) is 43.1. The predicted octanol–water partition coefficient (Wildman–Crippen LogP) is 7.75. The van der Waals surface area contributed by atoms with Gasteiger partial charge in [0.1, 0.15) is 4.90 Å². The molecular formula is C49H65Br3ClFLiN4NaO4S. The molecule has 0 radical (unpaired) electrons. The molecule has 1 fully saturated rings. The van der Waals surface area contributed by atoms with Gasteiger partial charge in [-0.3, -0.25) is 9.18 Å². The first-order valence-electron chi connectivity index (χ1n) is 20.1. The van der Waals surface area contributed by atoms with Gasteiger partial charge in [-0.2, -0.15) is 20.8 Å². The number of carbonyl (C=O) groups excluding carboxylic acids is 1. The van der Waals surface area contributed by atoms with Crippen LogP contribution in [0.2, 0.25) is 5.02 Å². The number of anilines is 3. The summed E-state index contributed by atoms with van der Waals surface area (Å²) in [6.45, 7) is 29.6. The van der Waals surface area contributed by atoms with Crippen LogP contribution in [0.1, 0.15) is 52.3 Å². The Morgan fingerprint density at radius 2 is 1.12 bits per heavy atom. The molecule has 5 rings (SSSR count). The van der Waals surface area contributed by atoms with Gasteiger partial charge >= 0.3 is 48.4 Å². The van der Waals surface area contributed by atoms with E-state index in [0.717, 1.165) is 52.0 Å². The molecule has 0 atom stereocenters. The molecule has 0 unspecified atom stereocenters. The van der Waals surface area contributed by atoms with Gasteiger partial charge in [0.15, 0.2) is 5.78 Å². The van der Waals surface area contributed by atoms with Gasteiger partial charge < -0.3 is 27.6 Å². The van der Waals surface area contributed by atoms with Gasteiger partial charge in [-0.1, -0.05) is 89.8 Å². The SMILES string of the molecule is C1CCOC1.C=CCBr.C=CCN(CC=C)c1ccc(Br)cc1.C=CCN(CC=C)c1ccc(C(=O)c2ccc(Cl)c(S(N)(=O)=O)c2)cc1.C[C-](C)C.Nc1ccc(Br)cc1.[2H]CF.[H-].[Li+].[Na+]. The Morgan fingerprint density at radius 1 is 0.785 bits per heavy atom. The van der Waals surface area contributed by atoms with E-state index in [2.05, 4.69) is 118 Å². The molecule has 16 heteroatoms. The Bertz CT molecular complexity index is 1990. The van der Waals surface area contributed by atoms with E-state index in [1.807, 2.05) is 65.6 Å². The third-order valence-corrected chi connectivity index (χ3v) is 10.3. The van der Waals surface area contributed by atoms with Gasteiger partial charge in [0.05, 0.1) is 13.5 Å². The van der Waals surface area contributed by atoms with E-state index in [0.29, 0.717) is 18.7 Å². The predicted molar refractivity (Wildman–Crippen MR) is 283 cm³/mol. The Hall–Kier alpha value is -2.22. The van der Waals surface area contributed by atoms with Crippen LogP contribution in [0.5, 0.6) is 0 Å². The van der Waals surface area contributed by atoms with Crippen molar-refractivity contribution >= 4 is 92.3 Å². The summed E-state index contributed by atoms with van der Waals surface area (Å²) in [5, 5.41) is 6.00. The fourth-order valence-electron chi connectivity index (χ4n) is 4.67. The topological polar surface area (TPSA) is 119 Å². The number of rotatable bonds is 14. The van der Waals surface area contributed by atoms with Crippen molar-refractivity contribution in [2.75, 3.05) is 67.4 Å². The third-order valence-electron chi connectivity index (χ3n) is 7.39. The number of alkyl halides is 2. The first-order valence-corrected chi connectivity index (χ1v) is 24.1. The molecule has 1 aliphatic heterocycles. The van der Waals surface area contributed by atoms with Crippen LogP contribution in [0.15, 0.2) is 168 Å². The van der Waals surface area contributed by atoms with Crippen molar-refractivity contribution in [2.45, 2.75) is 38.5 Å². The van der Waals surface area contributed by atoms with Gasteiger partial charge in [-0.25, -0.2) is 13.6 Å². The summed E-state index contributed by atoms with van der Waals surface area (Å²) in [4.78, 5) is 16.6. The van der Waals surface area contributed by atoms with E-state index in [-0.39, 0.29) is 71.1 Å². The minimum absolute atomic E-state index is 0. The molecule has 4 aromatic rings. The Labute approximate surface area is 457 Å². The average Bonchev–Trinajstić information content (AvgIpc) is 3.86. The molecule has 4 aromatic carbocycles. The summed E-state index contributed by atoms with van der Waals surface area (Å²) in [6, 6.07) is 26.8. The van der Waals surface area contributed by atoms with E-state index in [9.17, 15) is 17.6 Å². The van der Waals surface area contributed by atoms with Gasteiger partial charge in [-0.05, 0) is 104 Å². The van der Waals surface area contributed by atoms with Crippen molar-refractivity contribution in [3.05, 3.63) is 185 Å². The quantitative estimate of drug-likeness (QED) is 0.0332. The molecule has 348 valence electrons. The summed E-state index contributed by atoms with van der Waals surface area (Å²) < 4.78 is 45.7. The number of benzene rings is 4. The van der Waals surface area contributed by atoms with Crippen molar-refractivity contribution in [1.29, 1.82) is 0 Å². The smallest absolute Gasteiger partial charge is 1.00 e. The minimum Gasteiger partial charge on any atom is -1.00 e. The maximum Gasteiger partial charge on any atom is 1.00 e. The monoisotopic (exact) mass is 1130 g/mol. The fourth-order valence-corrected chi connectivity index (χ4v) is 6.27. The maximum absolute atomic E-state index is 12.6. The number of nitrogens with zero attached hydrogens (tertiary/aromatic N) is 2. The van der Waals surface area contributed by atoms with Crippen molar-refractivity contribution in [2.24, 2.45) is 5.14 Å². The molecule has 0 spiro atoms. The molecule has 0 amide bonds. The maximum atomic E-state index is 12.6. The number of nitrogen functional groups attached to an aromatic ring is 1. The van der Waals surface area contributed by atoms with Crippen LogP contribution in [0.3, 0.4) is 0 Å². The molecule has 0 aromatic heterocycles. The minimum atomic E-state index is -4.01. The first-order chi connectivity index (χ1) is 30.4. The molecule has 65 heavy (non-hydrogen) atoms. The van der Waals surface area contributed by atoms with Crippen molar-refractivity contribution < 1.29 is 73.6 Å². The zero-order valence-corrected chi connectivity index (χ0v) is 47.0. The van der Waals surface area contributed by atoms with Gasteiger partial charge in [0.2, 0.25) is 10.0 Å². The normalized spacial score (nSPS) is 10.6. The van der Waals surface area contributed by atoms with E-state index in [1.165, 1.54) is 42.6 Å². The summed E-state index contributed by atoms with van der Waals surface area (Å²) in [5.74, 6) is 1.09. The number of allylic oxidation sites excluding steroid dienone is 1. The third kappa shape index (κ3) is 33.8. The van der Waals surface area contributed by atoms with Gasteiger partial charge in [-0.15, -0.1) is 32.9 Å². The molecular weight excluding hydrogens is 1060 g/mol. The van der Waals surface area contributed by atoms with Crippen LogP contribution in [-0.4, -0.2) is 66.1 Å². The molecule has 1 aliphatic rings. The van der Waals surface area contributed by atoms with Crippen LogP contribution in [-0.2, 0) is 14.8 Å². The van der Waals surface area contributed by atoms with Gasteiger partial charge in [0.25, 0.3) is 0 Å². The molecule has 1 saturated heterocycles. The Morgan fingerprint density at radius 3 is 1.42 bits per heavy atom. The number of carbonyl (C=O) groups is 1. The number of halogens is 5. The largest absolute Gasteiger partial charge is 1.00 e. The average molecular weight is 1130 g/mol. The molecule has 8 nitrogen and oxygen atoms in total. The zero-order chi connectivity index (χ0) is 48.9. The zero-order valence-electron chi connectivity index (χ0n) is 40.6. The molecule has 0 aliphatic carbocycles. The molecule has 4 N–H and O–H groups in total. The van der Waals surface area contributed by atoms with Crippen molar-refractivity contribution in [1.82, 2.24) is 0 Å². The summed E-state index contributed by atoms with van der Waals surface area (Å²) in [7, 11) is -5.01. The Balaban J connectivity index is -0.000000262. The van der Waals surface area contributed by atoms with E-state index < -0.39 is 17.2 Å². The number of primary sulfonamides is 1. The van der Waals surface area contributed by atoms with E-state index in [1.54, 1.807) is 30.4 Å². The second-order valence-corrected chi connectivity index (χ2v) is 17.7. The van der Waals surface area contributed by atoms with E-state index >= 15 is 0 Å². The van der Waals surface area contributed by atoms with Crippen LogP contribution in [0.4, 0.5) is 21.5 Å². The number of hydrogen-bond donors (Lipinski definition) is 2.